The van der Waals surface area contributed by atoms with Crippen LogP contribution >= 0.6 is 0 Å². The maximum absolute atomic E-state index is 13.3. The van der Waals surface area contributed by atoms with Gasteiger partial charge in [-0.05, 0) is 42.2 Å². The lowest BCUT2D eigenvalue weighted by atomic mass is 9.98. The highest BCUT2D eigenvalue weighted by atomic mass is 19.1. The Morgan fingerprint density at radius 2 is 1.88 bits per heavy atom. The van der Waals surface area contributed by atoms with Crippen molar-refractivity contribution in [1.29, 1.82) is 0 Å². The number of hydrogen-bond donors (Lipinski definition) is 0. The van der Waals surface area contributed by atoms with E-state index in [0.29, 0.717) is 11.6 Å². The first-order valence-corrected chi connectivity index (χ1v) is 8.56. The van der Waals surface area contributed by atoms with Crippen molar-refractivity contribution in [1.82, 2.24) is 9.80 Å². The first kappa shape index (κ1) is 15.3. The molecule has 0 bridgehead atoms. The number of rotatable bonds is 2. The smallest absolute Gasteiger partial charge is 0.254 e. The summed E-state index contributed by atoms with van der Waals surface area (Å²) in [6.45, 7) is 3.49. The summed E-state index contributed by atoms with van der Waals surface area (Å²) >= 11 is 0. The van der Waals surface area contributed by atoms with E-state index >= 15 is 0 Å². The number of carbonyl (C=O) groups is 1. The van der Waals surface area contributed by atoms with Gasteiger partial charge in [-0.1, -0.05) is 30.3 Å². The maximum atomic E-state index is 13.3. The van der Waals surface area contributed by atoms with E-state index in [1.165, 1.54) is 23.3 Å². The molecule has 1 atom stereocenters. The molecule has 1 amide bonds. The minimum atomic E-state index is -0.357. The third kappa shape index (κ3) is 2.94. The van der Waals surface area contributed by atoms with Crippen LogP contribution in [0.1, 0.15) is 27.9 Å². The molecule has 4 rings (SSSR count). The van der Waals surface area contributed by atoms with Gasteiger partial charge in [-0.3, -0.25) is 9.69 Å². The summed E-state index contributed by atoms with van der Waals surface area (Å²) in [7, 11) is 0. The summed E-state index contributed by atoms with van der Waals surface area (Å²) in [5.41, 5.74) is 3.29. The topological polar surface area (TPSA) is 23.6 Å². The van der Waals surface area contributed by atoms with Crippen LogP contribution in [0.4, 0.5) is 4.39 Å². The highest BCUT2D eigenvalue weighted by molar-refractivity contribution is 5.94. The summed E-state index contributed by atoms with van der Waals surface area (Å²) in [4.78, 5) is 16.9. The number of halogens is 1. The van der Waals surface area contributed by atoms with Crippen LogP contribution in [0.5, 0.6) is 0 Å². The van der Waals surface area contributed by atoms with E-state index in [0.717, 1.165) is 39.0 Å². The van der Waals surface area contributed by atoms with Crippen molar-refractivity contribution in [2.45, 2.75) is 25.4 Å². The Morgan fingerprint density at radius 3 is 2.71 bits per heavy atom. The predicted octanol–water partition coefficient (Wildman–Crippen LogP) is 3.10. The molecule has 2 aliphatic rings. The van der Waals surface area contributed by atoms with Crippen LogP contribution in [-0.2, 0) is 13.0 Å². The zero-order valence-corrected chi connectivity index (χ0v) is 13.6. The summed E-state index contributed by atoms with van der Waals surface area (Å²) in [6, 6.07) is 15.0. The molecule has 2 aliphatic heterocycles. The lowest BCUT2D eigenvalue weighted by Gasteiger charge is -2.33. The van der Waals surface area contributed by atoms with Crippen molar-refractivity contribution >= 4 is 5.91 Å². The molecule has 0 radical (unpaired) electrons. The molecule has 0 aliphatic carbocycles. The normalized spacial score (nSPS) is 20.9. The molecule has 1 saturated heterocycles. The largest absolute Gasteiger partial charge is 0.337 e. The summed E-state index contributed by atoms with van der Waals surface area (Å²) < 4.78 is 13.3. The van der Waals surface area contributed by atoms with Gasteiger partial charge in [0.2, 0.25) is 0 Å². The van der Waals surface area contributed by atoms with Crippen molar-refractivity contribution in [3.63, 3.8) is 0 Å². The minimum Gasteiger partial charge on any atom is -0.337 e. The van der Waals surface area contributed by atoms with E-state index in [4.69, 9.17) is 0 Å². The van der Waals surface area contributed by atoms with Crippen LogP contribution in [0.3, 0.4) is 0 Å². The number of hydrogen-bond acceptors (Lipinski definition) is 2. The third-order valence-corrected chi connectivity index (χ3v) is 5.20. The van der Waals surface area contributed by atoms with Crippen molar-refractivity contribution in [3.8, 4) is 0 Å². The Labute approximate surface area is 141 Å². The second-order valence-corrected chi connectivity index (χ2v) is 6.69. The molecule has 0 N–H and O–H groups in total. The van der Waals surface area contributed by atoms with E-state index < -0.39 is 0 Å². The maximum Gasteiger partial charge on any atom is 0.254 e. The van der Waals surface area contributed by atoms with Gasteiger partial charge in [0.25, 0.3) is 5.91 Å². The van der Waals surface area contributed by atoms with Crippen molar-refractivity contribution in [2.24, 2.45) is 0 Å². The van der Waals surface area contributed by atoms with Gasteiger partial charge in [-0.15, -0.1) is 0 Å². The summed E-state index contributed by atoms with van der Waals surface area (Å²) in [6.07, 6.45) is 2.06. The van der Waals surface area contributed by atoms with Crippen molar-refractivity contribution < 1.29 is 9.18 Å². The number of likely N-dealkylation sites (tertiary alicyclic amines) is 1. The van der Waals surface area contributed by atoms with Gasteiger partial charge < -0.3 is 4.90 Å². The average molecular weight is 324 g/mol. The highest BCUT2D eigenvalue weighted by Crippen LogP contribution is 2.25. The van der Waals surface area contributed by atoms with Crippen LogP contribution in [0.15, 0.2) is 48.5 Å². The van der Waals surface area contributed by atoms with Gasteiger partial charge in [0.05, 0.1) is 0 Å². The number of carbonyl (C=O) groups excluding carboxylic acids is 1. The minimum absolute atomic E-state index is 0.0607. The van der Waals surface area contributed by atoms with Gasteiger partial charge in [-0.25, -0.2) is 4.39 Å². The molecule has 4 heteroatoms. The quantitative estimate of drug-likeness (QED) is 0.847. The molecule has 1 fully saturated rings. The Bertz CT molecular complexity index is 761. The second-order valence-electron chi connectivity index (χ2n) is 6.69. The number of benzene rings is 2. The molecule has 0 spiro atoms. The van der Waals surface area contributed by atoms with Crippen LogP contribution in [-0.4, -0.2) is 41.4 Å². The average Bonchev–Trinajstić information content (AvgIpc) is 3.11. The third-order valence-electron chi connectivity index (χ3n) is 5.20. The van der Waals surface area contributed by atoms with E-state index in [1.807, 2.05) is 4.90 Å². The van der Waals surface area contributed by atoms with Crippen LogP contribution in [0.25, 0.3) is 0 Å². The standard InChI is InChI=1S/C20H21FN2O/c21-18-7-3-6-16(12-18)20(24)23-11-9-19(14-23)22-10-8-15-4-1-2-5-17(15)13-22/h1-7,12,19H,8-11,13-14H2/t19-/m1/s1. The lowest BCUT2D eigenvalue weighted by molar-refractivity contribution is 0.0773. The molecule has 2 aromatic carbocycles. The van der Waals surface area contributed by atoms with E-state index in [9.17, 15) is 9.18 Å². The van der Waals surface area contributed by atoms with E-state index in [2.05, 4.69) is 29.2 Å². The first-order chi connectivity index (χ1) is 11.7. The number of fused-ring (bicyclic) bond motifs is 1. The molecular formula is C20H21FN2O. The molecule has 0 aromatic heterocycles. The fourth-order valence-electron chi connectivity index (χ4n) is 3.86. The van der Waals surface area contributed by atoms with Crippen molar-refractivity contribution in [3.05, 3.63) is 71.0 Å². The Kier molecular flexibility index (Phi) is 4.07. The van der Waals surface area contributed by atoms with Crippen LogP contribution in [0.2, 0.25) is 0 Å². The number of amides is 1. The van der Waals surface area contributed by atoms with Gasteiger partial charge >= 0.3 is 0 Å². The zero-order chi connectivity index (χ0) is 16.5. The highest BCUT2D eigenvalue weighted by Gasteiger charge is 2.32. The van der Waals surface area contributed by atoms with Gasteiger partial charge in [0, 0.05) is 37.8 Å². The first-order valence-electron chi connectivity index (χ1n) is 8.56. The lowest BCUT2D eigenvalue weighted by Crippen LogP contribution is -2.41. The second kappa shape index (κ2) is 6.36. The fourth-order valence-corrected chi connectivity index (χ4v) is 3.86. The van der Waals surface area contributed by atoms with E-state index in [-0.39, 0.29) is 11.7 Å². The molecule has 2 aromatic rings. The molecule has 0 unspecified atom stereocenters. The molecule has 2 heterocycles. The predicted molar refractivity (Wildman–Crippen MR) is 91.3 cm³/mol. The molecular weight excluding hydrogens is 303 g/mol. The Balaban J connectivity index is 1.43. The molecule has 3 nitrogen and oxygen atoms in total. The van der Waals surface area contributed by atoms with Gasteiger partial charge in [0.15, 0.2) is 0 Å². The van der Waals surface area contributed by atoms with Crippen LogP contribution < -0.4 is 0 Å². The molecule has 24 heavy (non-hydrogen) atoms. The summed E-state index contributed by atoms with van der Waals surface area (Å²) in [5.74, 6) is -0.418. The fraction of sp³-hybridized carbons (Fsp3) is 0.350. The zero-order valence-electron chi connectivity index (χ0n) is 13.6. The van der Waals surface area contributed by atoms with Gasteiger partial charge in [0.1, 0.15) is 5.82 Å². The summed E-state index contributed by atoms with van der Waals surface area (Å²) in [5, 5.41) is 0. The Hall–Kier alpha value is -2.20. The molecule has 0 saturated carbocycles. The monoisotopic (exact) mass is 324 g/mol. The number of nitrogens with zero attached hydrogens (tertiary/aromatic N) is 2. The van der Waals surface area contributed by atoms with Crippen molar-refractivity contribution in [2.75, 3.05) is 19.6 Å². The SMILES string of the molecule is O=C(c1cccc(F)c1)N1CC[C@@H](N2CCc3ccccc3C2)C1. The van der Waals surface area contributed by atoms with Gasteiger partial charge in [-0.2, -0.15) is 0 Å². The van der Waals surface area contributed by atoms with E-state index in [1.54, 1.807) is 12.1 Å². The molecule has 124 valence electrons. The van der Waals surface area contributed by atoms with Crippen LogP contribution in [0, 0.1) is 5.82 Å². The Morgan fingerprint density at radius 1 is 1.04 bits per heavy atom.